The largest absolute Gasteiger partial charge is 0.335 e. The second-order valence-electron chi connectivity index (χ2n) is 7.04. The third kappa shape index (κ3) is 3.41. The summed E-state index contributed by atoms with van der Waals surface area (Å²) in [5, 5.41) is 1.14. The van der Waals surface area contributed by atoms with Crippen LogP contribution in [-0.2, 0) is 6.54 Å². The fourth-order valence-electron chi connectivity index (χ4n) is 3.60. The molecule has 2 N–H and O–H groups in total. The highest BCUT2D eigenvalue weighted by Crippen LogP contribution is 2.31. The number of carbonyl (C=O) groups excluding carboxylic acids is 2. The van der Waals surface area contributed by atoms with Gasteiger partial charge in [-0.05, 0) is 41.6 Å². The van der Waals surface area contributed by atoms with E-state index in [-0.39, 0.29) is 11.8 Å². The Morgan fingerprint density at radius 3 is 2.14 bits per heavy atom. The van der Waals surface area contributed by atoms with E-state index in [0.717, 1.165) is 26.1 Å². The number of thiophene rings is 1. The molecule has 2 amide bonds. The maximum atomic E-state index is 13.0. The lowest BCUT2D eigenvalue weighted by atomic mass is 10.1. The van der Waals surface area contributed by atoms with Gasteiger partial charge in [0, 0.05) is 43.0 Å². The number of hydrogen-bond donors (Lipinski definition) is 1. The van der Waals surface area contributed by atoms with Gasteiger partial charge in [0.1, 0.15) is 0 Å². The van der Waals surface area contributed by atoms with Crippen molar-refractivity contribution >= 4 is 33.2 Å². The minimum Gasteiger partial charge on any atom is -0.335 e. The summed E-state index contributed by atoms with van der Waals surface area (Å²) in [5.41, 5.74) is 8.33. The number of hydrogen-bond acceptors (Lipinski definition) is 4. The van der Waals surface area contributed by atoms with Crippen LogP contribution in [-0.4, -0.2) is 47.8 Å². The van der Waals surface area contributed by atoms with Crippen molar-refractivity contribution in [2.45, 2.75) is 13.5 Å². The normalized spacial score (nSPS) is 14.5. The minimum absolute atomic E-state index is 0.00807. The molecular weight excluding hydrogens is 370 g/mol. The Morgan fingerprint density at radius 2 is 1.54 bits per heavy atom. The van der Waals surface area contributed by atoms with Crippen LogP contribution in [0.4, 0.5) is 0 Å². The van der Waals surface area contributed by atoms with Crippen molar-refractivity contribution in [1.82, 2.24) is 9.80 Å². The molecule has 0 spiro atoms. The molecule has 144 valence electrons. The van der Waals surface area contributed by atoms with Crippen LogP contribution < -0.4 is 5.73 Å². The highest BCUT2D eigenvalue weighted by Gasteiger charge is 2.27. The predicted molar refractivity (Wildman–Crippen MR) is 113 cm³/mol. The molecule has 1 aliphatic heterocycles. The van der Waals surface area contributed by atoms with Crippen molar-refractivity contribution in [1.29, 1.82) is 0 Å². The molecule has 3 aromatic rings. The highest BCUT2D eigenvalue weighted by molar-refractivity contribution is 7.21. The zero-order chi connectivity index (χ0) is 19.7. The van der Waals surface area contributed by atoms with Crippen molar-refractivity contribution in [2.24, 2.45) is 5.73 Å². The maximum Gasteiger partial charge on any atom is 0.264 e. The van der Waals surface area contributed by atoms with Crippen LogP contribution in [0.5, 0.6) is 0 Å². The maximum absolute atomic E-state index is 13.0. The highest BCUT2D eigenvalue weighted by atomic mass is 32.1. The van der Waals surface area contributed by atoms with Gasteiger partial charge in [-0.2, -0.15) is 0 Å². The Hall–Kier alpha value is -2.70. The van der Waals surface area contributed by atoms with Gasteiger partial charge in [0.25, 0.3) is 11.8 Å². The van der Waals surface area contributed by atoms with Crippen LogP contribution in [0.15, 0.2) is 48.5 Å². The van der Waals surface area contributed by atoms with E-state index in [4.69, 9.17) is 5.73 Å². The Bertz CT molecular complexity index is 1020. The Morgan fingerprint density at radius 1 is 0.929 bits per heavy atom. The first-order valence-electron chi connectivity index (χ1n) is 9.44. The van der Waals surface area contributed by atoms with Crippen LogP contribution in [0.2, 0.25) is 0 Å². The average molecular weight is 394 g/mol. The van der Waals surface area contributed by atoms with E-state index in [2.05, 4.69) is 12.1 Å². The first kappa shape index (κ1) is 18.7. The molecule has 0 unspecified atom stereocenters. The minimum atomic E-state index is 0.00807. The number of fused-ring (bicyclic) bond motifs is 1. The first-order chi connectivity index (χ1) is 13.6. The standard InChI is InChI=1S/C22H23N3O2S/c1-15-18-4-2-3-5-19(18)28-20(15)22(27)25-12-10-24(11-13-25)21(26)17-8-6-16(14-23)7-9-17/h2-9H,10-14,23H2,1H3. The average Bonchev–Trinajstić information content (AvgIpc) is 3.09. The van der Waals surface area contributed by atoms with E-state index in [0.29, 0.717) is 38.3 Å². The van der Waals surface area contributed by atoms with Gasteiger partial charge in [0.05, 0.1) is 4.88 Å². The second-order valence-corrected chi connectivity index (χ2v) is 8.09. The molecule has 1 aliphatic rings. The number of benzene rings is 2. The van der Waals surface area contributed by atoms with E-state index in [1.165, 1.54) is 0 Å². The fourth-order valence-corrected chi connectivity index (χ4v) is 4.78. The lowest BCUT2D eigenvalue weighted by molar-refractivity contribution is 0.0538. The number of piperazine rings is 1. The molecule has 5 nitrogen and oxygen atoms in total. The van der Waals surface area contributed by atoms with E-state index in [1.54, 1.807) is 11.3 Å². The third-order valence-corrected chi connectivity index (χ3v) is 6.59. The van der Waals surface area contributed by atoms with E-state index >= 15 is 0 Å². The van der Waals surface area contributed by atoms with Gasteiger partial charge in [-0.1, -0.05) is 30.3 Å². The molecule has 0 radical (unpaired) electrons. The molecule has 0 aliphatic carbocycles. The fraction of sp³-hybridized carbons (Fsp3) is 0.273. The summed E-state index contributed by atoms with van der Waals surface area (Å²) in [6.07, 6.45) is 0. The summed E-state index contributed by atoms with van der Waals surface area (Å²) in [6.45, 7) is 4.68. The van der Waals surface area contributed by atoms with Gasteiger partial charge in [-0.25, -0.2) is 0 Å². The number of nitrogens with zero attached hydrogens (tertiary/aromatic N) is 2. The van der Waals surface area contributed by atoms with Gasteiger partial charge >= 0.3 is 0 Å². The lowest BCUT2D eigenvalue weighted by Crippen LogP contribution is -2.50. The predicted octanol–water partition coefficient (Wildman–Crippen LogP) is 3.27. The van der Waals surface area contributed by atoms with Crippen molar-refractivity contribution in [3.05, 3.63) is 70.1 Å². The SMILES string of the molecule is Cc1c(C(=O)N2CCN(C(=O)c3ccc(CN)cc3)CC2)sc2ccccc12. The molecule has 0 bridgehead atoms. The van der Waals surface area contributed by atoms with Crippen molar-refractivity contribution in [3.8, 4) is 0 Å². The van der Waals surface area contributed by atoms with E-state index in [1.807, 2.05) is 53.1 Å². The number of rotatable bonds is 3. The molecule has 0 saturated carbocycles. The summed E-state index contributed by atoms with van der Waals surface area (Å²) in [6, 6.07) is 15.5. The van der Waals surface area contributed by atoms with Gasteiger partial charge in [0.2, 0.25) is 0 Å². The zero-order valence-corrected chi connectivity index (χ0v) is 16.7. The smallest absolute Gasteiger partial charge is 0.264 e. The van der Waals surface area contributed by atoms with Gasteiger partial charge < -0.3 is 15.5 Å². The Balaban J connectivity index is 1.43. The van der Waals surface area contributed by atoms with Crippen LogP contribution in [0.25, 0.3) is 10.1 Å². The molecule has 1 saturated heterocycles. The van der Waals surface area contributed by atoms with E-state index in [9.17, 15) is 9.59 Å². The first-order valence-corrected chi connectivity index (χ1v) is 10.3. The molecule has 28 heavy (non-hydrogen) atoms. The molecule has 1 aromatic heterocycles. The summed E-state index contributed by atoms with van der Waals surface area (Å²) in [4.78, 5) is 30.2. The summed E-state index contributed by atoms with van der Waals surface area (Å²) < 4.78 is 1.14. The summed E-state index contributed by atoms with van der Waals surface area (Å²) in [7, 11) is 0. The van der Waals surface area contributed by atoms with Gasteiger partial charge in [0.15, 0.2) is 0 Å². The van der Waals surface area contributed by atoms with Crippen LogP contribution in [0.1, 0.15) is 31.2 Å². The molecular formula is C22H23N3O2S. The number of carbonyl (C=O) groups is 2. The molecule has 0 atom stereocenters. The molecule has 2 aromatic carbocycles. The van der Waals surface area contributed by atoms with Gasteiger partial charge in [-0.3, -0.25) is 9.59 Å². The second kappa shape index (κ2) is 7.73. The topological polar surface area (TPSA) is 66.6 Å². The zero-order valence-electron chi connectivity index (χ0n) is 15.9. The molecule has 4 rings (SSSR count). The lowest BCUT2D eigenvalue weighted by Gasteiger charge is -2.34. The monoisotopic (exact) mass is 393 g/mol. The third-order valence-electron chi connectivity index (χ3n) is 5.33. The van der Waals surface area contributed by atoms with Crippen molar-refractivity contribution < 1.29 is 9.59 Å². The Labute approximate surface area is 168 Å². The van der Waals surface area contributed by atoms with Crippen molar-refractivity contribution in [2.75, 3.05) is 26.2 Å². The number of nitrogens with two attached hydrogens (primary N) is 1. The molecule has 2 heterocycles. The quantitative estimate of drug-likeness (QED) is 0.743. The van der Waals surface area contributed by atoms with Crippen molar-refractivity contribution in [3.63, 3.8) is 0 Å². The van der Waals surface area contributed by atoms with Crippen LogP contribution >= 0.6 is 11.3 Å². The Kier molecular flexibility index (Phi) is 5.15. The van der Waals surface area contributed by atoms with Gasteiger partial charge in [-0.15, -0.1) is 11.3 Å². The van der Waals surface area contributed by atoms with Crippen LogP contribution in [0.3, 0.4) is 0 Å². The number of amides is 2. The van der Waals surface area contributed by atoms with E-state index < -0.39 is 0 Å². The van der Waals surface area contributed by atoms with Crippen LogP contribution in [0, 0.1) is 6.92 Å². The summed E-state index contributed by atoms with van der Waals surface area (Å²) >= 11 is 1.55. The number of aryl methyl sites for hydroxylation is 1. The molecule has 1 fully saturated rings. The summed E-state index contributed by atoms with van der Waals surface area (Å²) in [5.74, 6) is 0.0758. The molecule has 6 heteroatoms.